The topological polar surface area (TPSA) is 60.9 Å². The highest BCUT2D eigenvalue weighted by Gasteiger charge is 2.22. The molecule has 3 rings (SSSR count). The summed E-state index contributed by atoms with van der Waals surface area (Å²) in [5.41, 5.74) is 8.00. The Balaban J connectivity index is 1.98. The van der Waals surface area contributed by atoms with Crippen LogP contribution >= 0.6 is 11.8 Å². The number of imidazole rings is 1. The van der Waals surface area contributed by atoms with Gasteiger partial charge < -0.3 is 10.3 Å². The van der Waals surface area contributed by atoms with Crippen LogP contribution in [-0.4, -0.2) is 15.5 Å². The van der Waals surface area contributed by atoms with Crippen LogP contribution in [0.5, 0.6) is 0 Å². The first-order chi connectivity index (χ1) is 10.6. The number of carbonyl (C=O) groups is 1. The second-order valence-corrected chi connectivity index (χ2v) is 5.97. The molecule has 1 atom stereocenters. The SMILES string of the molecule is Cn1c(SC(C(N)=O)c2ccc(F)cc2)nc2ccccc21. The first-order valence-corrected chi connectivity index (χ1v) is 7.57. The van der Waals surface area contributed by atoms with Gasteiger partial charge in [0.05, 0.1) is 11.0 Å². The molecule has 1 amide bonds. The summed E-state index contributed by atoms with van der Waals surface area (Å²) in [6, 6.07) is 13.5. The Morgan fingerprint density at radius 1 is 1.23 bits per heavy atom. The molecule has 112 valence electrons. The van der Waals surface area contributed by atoms with E-state index in [1.165, 1.54) is 23.9 Å². The zero-order valence-electron chi connectivity index (χ0n) is 11.9. The molecular weight excluding hydrogens is 301 g/mol. The lowest BCUT2D eigenvalue weighted by molar-refractivity contribution is -0.117. The van der Waals surface area contributed by atoms with E-state index in [4.69, 9.17) is 5.73 Å². The number of halogens is 1. The van der Waals surface area contributed by atoms with Crippen LogP contribution in [0.15, 0.2) is 53.7 Å². The van der Waals surface area contributed by atoms with Crippen LogP contribution in [0, 0.1) is 5.82 Å². The first kappa shape index (κ1) is 14.6. The Kier molecular flexibility index (Phi) is 3.85. The van der Waals surface area contributed by atoms with Crippen molar-refractivity contribution >= 4 is 28.7 Å². The van der Waals surface area contributed by atoms with E-state index in [2.05, 4.69) is 4.98 Å². The largest absolute Gasteiger partial charge is 0.368 e. The van der Waals surface area contributed by atoms with Gasteiger partial charge in [0, 0.05) is 7.05 Å². The van der Waals surface area contributed by atoms with Crippen molar-refractivity contribution in [3.63, 3.8) is 0 Å². The molecule has 0 fully saturated rings. The van der Waals surface area contributed by atoms with E-state index in [0.29, 0.717) is 10.7 Å². The highest BCUT2D eigenvalue weighted by Crippen LogP contribution is 2.35. The number of nitrogens with two attached hydrogens (primary N) is 1. The van der Waals surface area contributed by atoms with Crippen LogP contribution in [0.25, 0.3) is 11.0 Å². The minimum absolute atomic E-state index is 0.347. The number of primary amides is 1. The van der Waals surface area contributed by atoms with Crippen LogP contribution in [0.3, 0.4) is 0 Å². The molecule has 0 saturated heterocycles. The average Bonchev–Trinajstić information content (AvgIpc) is 2.82. The zero-order chi connectivity index (χ0) is 15.7. The molecule has 1 aromatic heterocycles. The number of aromatic nitrogens is 2. The zero-order valence-corrected chi connectivity index (χ0v) is 12.7. The van der Waals surface area contributed by atoms with Crippen molar-refractivity contribution in [2.45, 2.75) is 10.4 Å². The Labute approximate surface area is 131 Å². The number of hydrogen-bond acceptors (Lipinski definition) is 3. The molecule has 2 N–H and O–H groups in total. The summed E-state index contributed by atoms with van der Waals surface area (Å²) >= 11 is 1.26. The van der Waals surface area contributed by atoms with Gasteiger partial charge in [-0.2, -0.15) is 0 Å². The second kappa shape index (κ2) is 5.81. The molecule has 0 aliphatic carbocycles. The summed E-state index contributed by atoms with van der Waals surface area (Å²) < 4.78 is 15.0. The Morgan fingerprint density at radius 3 is 2.55 bits per heavy atom. The minimum atomic E-state index is -0.615. The van der Waals surface area contributed by atoms with Crippen LogP contribution in [0.1, 0.15) is 10.8 Å². The highest BCUT2D eigenvalue weighted by atomic mass is 32.2. The third kappa shape index (κ3) is 2.69. The van der Waals surface area contributed by atoms with Gasteiger partial charge in [-0.3, -0.25) is 4.79 Å². The lowest BCUT2D eigenvalue weighted by Crippen LogP contribution is -2.19. The molecule has 6 heteroatoms. The van der Waals surface area contributed by atoms with Gasteiger partial charge in [-0.15, -0.1) is 0 Å². The number of thioether (sulfide) groups is 1. The molecule has 1 unspecified atom stereocenters. The summed E-state index contributed by atoms with van der Waals surface area (Å²) in [6.45, 7) is 0. The average molecular weight is 315 g/mol. The maximum Gasteiger partial charge on any atom is 0.235 e. The Bertz CT molecular complexity index is 829. The summed E-state index contributed by atoms with van der Waals surface area (Å²) in [5, 5.41) is 0.0745. The monoisotopic (exact) mass is 315 g/mol. The highest BCUT2D eigenvalue weighted by molar-refractivity contribution is 8.00. The first-order valence-electron chi connectivity index (χ1n) is 6.69. The fourth-order valence-electron chi connectivity index (χ4n) is 2.26. The summed E-state index contributed by atoms with van der Waals surface area (Å²) in [5.74, 6) is -0.830. The van der Waals surface area contributed by atoms with E-state index >= 15 is 0 Å². The van der Waals surface area contributed by atoms with Gasteiger partial charge in [0.25, 0.3) is 0 Å². The predicted molar refractivity (Wildman–Crippen MR) is 84.9 cm³/mol. The lowest BCUT2D eigenvalue weighted by atomic mass is 10.1. The molecule has 1 heterocycles. The van der Waals surface area contributed by atoms with Crippen LogP contribution < -0.4 is 5.73 Å². The number of rotatable bonds is 4. The molecule has 0 spiro atoms. The molecule has 22 heavy (non-hydrogen) atoms. The van der Waals surface area contributed by atoms with Crippen LogP contribution in [-0.2, 0) is 11.8 Å². The number of hydrogen-bond donors (Lipinski definition) is 1. The molecule has 0 radical (unpaired) electrons. The van der Waals surface area contributed by atoms with Crippen molar-refractivity contribution in [3.8, 4) is 0 Å². The quantitative estimate of drug-likeness (QED) is 0.753. The summed E-state index contributed by atoms with van der Waals surface area (Å²) in [7, 11) is 1.89. The fourth-order valence-corrected chi connectivity index (χ4v) is 3.29. The molecule has 3 aromatic rings. The van der Waals surface area contributed by atoms with E-state index in [0.717, 1.165) is 11.0 Å². The van der Waals surface area contributed by atoms with E-state index in [9.17, 15) is 9.18 Å². The number of fused-ring (bicyclic) bond motifs is 1. The molecule has 0 saturated carbocycles. The van der Waals surface area contributed by atoms with E-state index in [-0.39, 0.29) is 5.82 Å². The predicted octanol–water partition coefficient (Wildman–Crippen LogP) is 3.03. The van der Waals surface area contributed by atoms with Crippen molar-refractivity contribution < 1.29 is 9.18 Å². The summed E-state index contributed by atoms with van der Waals surface area (Å²) in [4.78, 5) is 16.3. The minimum Gasteiger partial charge on any atom is -0.368 e. The molecule has 0 aliphatic heterocycles. The van der Waals surface area contributed by atoms with Crippen LogP contribution in [0.2, 0.25) is 0 Å². The fraction of sp³-hybridized carbons (Fsp3) is 0.125. The Hall–Kier alpha value is -2.34. The van der Waals surface area contributed by atoms with Gasteiger partial charge in [0.1, 0.15) is 11.1 Å². The maximum atomic E-state index is 13.0. The number of amides is 1. The molecular formula is C16H14FN3OS. The van der Waals surface area contributed by atoms with Gasteiger partial charge in [0.2, 0.25) is 5.91 Å². The molecule has 0 bridgehead atoms. The van der Waals surface area contributed by atoms with Gasteiger partial charge in [-0.05, 0) is 29.8 Å². The van der Waals surface area contributed by atoms with Gasteiger partial charge in [-0.25, -0.2) is 9.37 Å². The normalized spacial score (nSPS) is 12.5. The van der Waals surface area contributed by atoms with Crippen molar-refractivity contribution in [1.29, 1.82) is 0 Å². The van der Waals surface area contributed by atoms with Crippen molar-refractivity contribution in [3.05, 3.63) is 59.9 Å². The number of para-hydroxylation sites is 2. The maximum absolute atomic E-state index is 13.0. The number of nitrogens with zero attached hydrogens (tertiary/aromatic N) is 2. The number of carbonyl (C=O) groups excluding carboxylic acids is 1. The smallest absolute Gasteiger partial charge is 0.235 e. The third-order valence-electron chi connectivity index (χ3n) is 3.40. The van der Waals surface area contributed by atoms with E-state index in [1.54, 1.807) is 12.1 Å². The number of aryl methyl sites for hydroxylation is 1. The summed E-state index contributed by atoms with van der Waals surface area (Å²) in [6.07, 6.45) is 0. The standard InChI is InChI=1S/C16H14FN3OS/c1-20-13-5-3-2-4-12(13)19-16(20)22-14(15(18)21)10-6-8-11(17)9-7-10/h2-9,14H,1H3,(H2,18,21). The van der Waals surface area contributed by atoms with Gasteiger partial charge >= 0.3 is 0 Å². The number of benzene rings is 2. The second-order valence-electron chi connectivity index (χ2n) is 4.89. The molecule has 0 aliphatic rings. The van der Waals surface area contributed by atoms with Crippen molar-refractivity contribution in [1.82, 2.24) is 9.55 Å². The van der Waals surface area contributed by atoms with E-state index < -0.39 is 11.2 Å². The van der Waals surface area contributed by atoms with E-state index in [1.807, 2.05) is 35.9 Å². The van der Waals surface area contributed by atoms with Crippen molar-refractivity contribution in [2.24, 2.45) is 12.8 Å². The van der Waals surface area contributed by atoms with Crippen molar-refractivity contribution in [2.75, 3.05) is 0 Å². The van der Waals surface area contributed by atoms with Crippen LogP contribution in [0.4, 0.5) is 4.39 Å². The lowest BCUT2D eigenvalue weighted by Gasteiger charge is -2.13. The molecule has 4 nitrogen and oxygen atoms in total. The third-order valence-corrected chi connectivity index (χ3v) is 4.72. The Morgan fingerprint density at radius 2 is 1.91 bits per heavy atom. The molecule has 2 aromatic carbocycles. The van der Waals surface area contributed by atoms with Gasteiger partial charge in [-0.1, -0.05) is 36.0 Å². The van der Waals surface area contributed by atoms with Gasteiger partial charge in [0.15, 0.2) is 5.16 Å².